The van der Waals surface area contributed by atoms with Crippen molar-refractivity contribution in [3.63, 3.8) is 0 Å². The van der Waals surface area contributed by atoms with Crippen LogP contribution in [0, 0.1) is 0 Å². The summed E-state index contributed by atoms with van der Waals surface area (Å²) in [6.07, 6.45) is 10.2. The van der Waals surface area contributed by atoms with Crippen LogP contribution in [0.25, 0.3) is 10.8 Å². The van der Waals surface area contributed by atoms with Gasteiger partial charge in [0.25, 0.3) is 0 Å². The van der Waals surface area contributed by atoms with Crippen LogP contribution in [0.4, 0.5) is 4.39 Å². The van der Waals surface area contributed by atoms with Gasteiger partial charge in [-0.15, -0.1) is 0 Å². The fourth-order valence-corrected chi connectivity index (χ4v) is 5.42. The maximum Gasteiger partial charge on any atom is 0.220 e. The molecule has 2 aliphatic rings. The highest BCUT2D eigenvalue weighted by Crippen LogP contribution is 2.29. The molecule has 4 rings (SSSR count). The SMILES string of the molecule is O=S(=O)(C1C=CC(F)=CC1)N1CCC(n2cc3ccccc3c2)CC1. The molecule has 1 saturated heterocycles. The van der Waals surface area contributed by atoms with Gasteiger partial charge in [0.1, 0.15) is 5.83 Å². The molecule has 0 N–H and O–H groups in total. The molecule has 0 amide bonds. The molecule has 1 fully saturated rings. The molecule has 2 heterocycles. The van der Waals surface area contributed by atoms with Crippen molar-refractivity contribution in [1.82, 2.24) is 8.87 Å². The Morgan fingerprint density at radius 1 is 1.04 bits per heavy atom. The zero-order valence-corrected chi connectivity index (χ0v) is 14.7. The van der Waals surface area contributed by atoms with Crippen LogP contribution in [0.1, 0.15) is 25.3 Å². The van der Waals surface area contributed by atoms with Crippen molar-refractivity contribution < 1.29 is 12.8 Å². The zero-order valence-electron chi connectivity index (χ0n) is 13.9. The number of fused-ring (bicyclic) bond motifs is 1. The van der Waals surface area contributed by atoms with E-state index in [4.69, 9.17) is 0 Å². The second-order valence-corrected chi connectivity index (χ2v) is 8.88. The van der Waals surface area contributed by atoms with Gasteiger partial charge in [0.05, 0.1) is 5.25 Å². The Morgan fingerprint density at radius 3 is 2.24 bits per heavy atom. The quantitative estimate of drug-likeness (QED) is 0.836. The van der Waals surface area contributed by atoms with Crippen LogP contribution < -0.4 is 0 Å². The van der Waals surface area contributed by atoms with Crippen LogP contribution in [0.3, 0.4) is 0 Å². The van der Waals surface area contributed by atoms with Gasteiger partial charge >= 0.3 is 0 Å². The fraction of sp³-hybridized carbons (Fsp3) is 0.368. The normalized spacial score (nSPS) is 23.1. The van der Waals surface area contributed by atoms with E-state index < -0.39 is 15.3 Å². The number of nitrogens with zero attached hydrogens (tertiary/aromatic N) is 2. The van der Waals surface area contributed by atoms with E-state index in [9.17, 15) is 12.8 Å². The van der Waals surface area contributed by atoms with Crippen molar-refractivity contribution >= 4 is 20.8 Å². The van der Waals surface area contributed by atoms with E-state index in [1.807, 2.05) is 12.1 Å². The first-order chi connectivity index (χ1) is 12.0. The summed E-state index contributed by atoms with van der Waals surface area (Å²) >= 11 is 0. The van der Waals surface area contributed by atoms with Gasteiger partial charge in [0.2, 0.25) is 10.0 Å². The summed E-state index contributed by atoms with van der Waals surface area (Å²) in [5.74, 6) is -0.357. The molecule has 1 aromatic carbocycles. The minimum absolute atomic E-state index is 0.216. The van der Waals surface area contributed by atoms with E-state index >= 15 is 0 Å². The molecule has 0 spiro atoms. The largest absolute Gasteiger partial charge is 0.350 e. The number of aromatic nitrogens is 1. The van der Waals surface area contributed by atoms with Crippen molar-refractivity contribution in [2.45, 2.75) is 30.6 Å². The fourth-order valence-electron chi connectivity index (χ4n) is 3.70. The molecule has 4 nitrogen and oxygen atoms in total. The van der Waals surface area contributed by atoms with Crippen molar-refractivity contribution in [2.75, 3.05) is 13.1 Å². The Labute approximate surface area is 147 Å². The Kier molecular flexibility index (Phi) is 4.25. The summed E-state index contributed by atoms with van der Waals surface area (Å²) < 4.78 is 42.4. The van der Waals surface area contributed by atoms with E-state index in [1.165, 1.54) is 29.0 Å². The first kappa shape index (κ1) is 16.5. The van der Waals surface area contributed by atoms with Crippen molar-refractivity contribution in [2.24, 2.45) is 0 Å². The highest BCUT2D eigenvalue weighted by atomic mass is 32.2. The molecule has 2 aromatic rings. The minimum atomic E-state index is -3.41. The van der Waals surface area contributed by atoms with Crippen LogP contribution in [-0.4, -0.2) is 35.6 Å². The van der Waals surface area contributed by atoms with Gasteiger partial charge in [-0.3, -0.25) is 0 Å². The molecule has 1 aliphatic carbocycles. The van der Waals surface area contributed by atoms with E-state index in [0.29, 0.717) is 19.1 Å². The molecule has 1 atom stereocenters. The second-order valence-electron chi connectivity index (χ2n) is 6.73. The van der Waals surface area contributed by atoms with Crippen molar-refractivity contribution in [3.05, 3.63) is 60.7 Å². The van der Waals surface area contributed by atoms with Gasteiger partial charge in [0, 0.05) is 31.5 Å². The van der Waals surface area contributed by atoms with Crippen LogP contribution >= 0.6 is 0 Å². The van der Waals surface area contributed by atoms with Gasteiger partial charge in [-0.1, -0.05) is 30.3 Å². The van der Waals surface area contributed by atoms with Crippen molar-refractivity contribution in [3.8, 4) is 0 Å². The number of benzene rings is 1. The second kappa shape index (κ2) is 6.42. The van der Waals surface area contributed by atoms with Gasteiger partial charge in [-0.25, -0.2) is 17.1 Å². The summed E-state index contributed by atoms with van der Waals surface area (Å²) in [5.41, 5.74) is 0. The van der Waals surface area contributed by atoms with Crippen LogP contribution in [-0.2, 0) is 10.0 Å². The number of halogens is 1. The molecule has 0 radical (unpaired) electrons. The average Bonchev–Trinajstić information content (AvgIpc) is 3.06. The summed E-state index contributed by atoms with van der Waals surface area (Å²) in [4.78, 5) is 0. The molecule has 1 unspecified atom stereocenters. The van der Waals surface area contributed by atoms with Gasteiger partial charge in [0.15, 0.2) is 0 Å². The van der Waals surface area contributed by atoms with Crippen LogP contribution in [0.2, 0.25) is 0 Å². The number of sulfonamides is 1. The molecule has 1 aliphatic heterocycles. The lowest BCUT2D eigenvalue weighted by Crippen LogP contribution is -2.43. The topological polar surface area (TPSA) is 42.3 Å². The lowest BCUT2D eigenvalue weighted by molar-refractivity contribution is 0.273. The predicted octanol–water partition coefficient (Wildman–Crippen LogP) is 3.79. The third-order valence-electron chi connectivity index (χ3n) is 5.18. The summed E-state index contributed by atoms with van der Waals surface area (Å²) in [6.45, 7) is 1.02. The highest BCUT2D eigenvalue weighted by molar-refractivity contribution is 7.89. The zero-order chi connectivity index (χ0) is 17.4. The van der Waals surface area contributed by atoms with Gasteiger partial charge in [-0.2, -0.15) is 0 Å². The predicted molar refractivity (Wildman–Crippen MR) is 97.4 cm³/mol. The molecule has 1 aromatic heterocycles. The standard InChI is InChI=1S/C19H21FN2O2S/c20-17-5-7-19(8-6-17)25(23,24)22-11-9-18(10-12-22)21-13-15-3-1-2-4-16(15)14-21/h1-7,13-14,18-19H,8-12H2. The molecule has 25 heavy (non-hydrogen) atoms. The number of rotatable bonds is 3. The molecule has 0 bridgehead atoms. The first-order valence-corrected chi connectivity index (χ1v) is 10.1. The minimum Gasteiger partial charge on any atom is -0.350 e. The Morgan fingerprint density at radius 2 is 1.68 bits per heavy atom. The smallest absolute Gasteiger partial charge is 0.220 e. The van der Waals surface area contributed by atoms with E-state index in [0.717, 1.165) is 12.8 Å². The third-order valence-corrected chi connectivity index (χ3v) is 7.37. The van der Waals surface area contributed by atoms with Crippen molar-refractivity contribution in [1.29, 1.82) is 0 Å². The number of hydrogen-bond donors (Lipinski definition) is 0. The van der Waals surface area contributed by atoms with E-state index in [1.54, 1.807) is 4.31 Å². The number of hydrogen-bond acceptors (Lipinski definition) is 2. The van der Waals surface area contributed by atoms with Crippen LogP contribution in [0.15, 0.2) is 60.7 Å². The average molecular weight is 360 g/mol. The highest BCUT2D eigenvalue weighted by Gasteiger charge is 2.34. The lowest BCUT2D eigenvalue weighted by atomic mass is 10.1. The monoisotopic (exact) mass is 360 g/mol. The van der Waals surface area contributed by atoms with Crippen LogP contribution in [0.5, 0.6) is 0 Å². The van der Waals surface area contributed by atoms with Gasteiger partial charge in [-0.05, 0) is 42.2 Å². The molecule has 6 heteroatoms. The maximum absolute atomic E-state index is 13.1. The third kappa shape index (κ3) is 3.16. The maximum atomic E-state index is 13.1. The molecular formula is C19H21FN2O2S. The van der Waals surface area contributed by atoms with E-state index in [-0.39, 0.29) is 12.2 Å². The van der Waals surface area contributed by atoms with Gasteiger partial charge < -0.3 is 4.57 Å². The Hall–Kier alpha value is -1.92. The molecule has 132 valence electrons. The summed E-state index contributed by atoms with van der Waals surface area (Å²) in [6, 6.07) is 8.55. The Balaban J connectivity index is 1.45. The summed E-state index contributed by atoms with van der Waals surface area (Å²) in [7, 11) is -3.41. The number of piperidine rings is 1. The summed E-state index contributed by atoms with van der Waals surface area (Å²) in [5, 5.41) is 1.77. The number of allylic oxidation sites excluding steroid dienone is 3. The van der Waals surface area contributed by atoms with E-state index in [2.05, 4.69) is 29.1 Å². The molecular weight excluding hydrogens is 339 g/mol. The lowest BCUT2D eigenvalue weighted by Gasteiger charge is -2.34. The first-order valence-electron chi connectivity index (χ1n) is 8.63. The Bertz CT molecular complexity index is 904. The molecule has 0 saturated carbocycles.